The Morgan fingerprint density at radius 1 is 1.16 bits per heavy atom. The standard InChI is InChI=1S/C29H33ClF2N6O4.CH2O2/c1-36(2)12-11-24(39)34-17-9-13-38(14-10-17)29(41)19-6-5-18(15-21(19)30)35-28(40)27-33-16-22(37(27)3)20-7-8-23(42-4)26(32)25(20)31;2-1-3/h5-8,15-17H,9-14H2,1-4H3,(H,34,39)(H,35,40);1H,(H,2,3). The van der Waals surface area contributed by atoms with Crippen molar-refractivity contribution in [2.75, 3.05) is 46.2 Å². The van der Waals surface area contributed by atoms with E-state index in [4.69, 9.17) is 26.2 Å². The number of nitrogens with one attached hydrogen (secondary N) is 2. The van der Waals surface area contributed by atoms with Crippen molar-refractivity contribution in [1.29, 1.82) is 0 Å². The molecule has 45 heavy (non-hydrogen) atoms. The number of piperidine rings is 1. The minimum atomic E-state index is -1.14. The molecule has 0 bridgehead atoms. The van der Waals surface area contributed by atoms with Crippen molar-refractivity contribution in [3.8, 4) is 17.0 Å². The number of carbonyl (C=O) groups is 4. The molecule has 1 aromatic heterocycles. The zero-order valence-corrected chi connectivity index (χ0v) is 26.0. The number of methoxy groups -OCH3 is 1. The van der Waals surface area contributed by atoms with Gasteiger partial charge in [-0.1, -0.05) is 11.6 Å². The van der Waals surface area contributed by atoms with Crippen molar-refractivity contribution in [2.45, 2.75) is 25.3 Å². The van der Waals surface area contributed by atoms with E-state index in [-0.39, 0.29) is 52.2 Å². The molecular weight excluding hydrogens is 614 g/mol. The summed E-state index contributed by atoms with van der Waals surface area (Å²) in [6, 6.07) is 7.21. The highest BCUT2D eigenvalue weighted by molar-refractivity contribution is 6.34. The third kappa shape index (κ3) is 8.76. The van der Waals surface area contributed by atoms with E-state index in [0.717, 1.165) is 0 Å². The van der Waals surface area contributed by atoms with Crippen LogP contribution in [0.4, 0.5) is 14.5 Å². The highest BCUT2D eigenvalue weighted by Gasteiger charge is 2.26. The van der Waals surface area contributed by atoms with Crippen molar-refractivity contribution >= 4 is 41.5 Å². The van der Waals surface area contributed by atoms with Gasteiger partial charge in [-0.15, -0.1) is 0 Å². The SMILES string of the molecule is COc1ccc(-c2cnc(C(=O)Nc3ccc(C(=O)N4CCC(NC(=O)CCN(C)C)CC4)c(Cl)c3)n2C)c(F)c1F.O=CO. The number of carbonyl (C=O) groups excluding carboxylic acids is 3. The lowest BCUT2D eigenvalue weighted by Gasteiger charge is -2.32. The molecule has 0 unspecified atom stereocenters. The quantitative estimate of drug-likeness (QED) is 0.298. The second kappa shape index (κ2) is 16.0. The molecular formula is C30H35ClF2N6O6. The second-order valence-corrected chi connectivity index (χ2v) is 10.8. The highest BCUT2D eigenvalue weighted by Crippen LogP contribution is 2.30. The van der Waals surface area contributed by atoms with E-state index < -0.39 is 17.5 Å². The molecule has 1 fully saturated rings. The first-order valence-corrected chi connectivity index (χ1v) is 14.3. The van der Waals surface area contributed by atoms with Crippen LogP contribution in [0.2, 0.25) is 5.02 Å². The van der Waals surface area contributed by atoms with Crippen molar-refractivity contribution in [1.82, 2.24) is 24.7 Å². The summed E-state index contributed by atoms with van der Waals surface area (Å²) >= 11 is 6.44. The van der Waals surface area contributed by atoms with Gasteiger partial charge in [0, 0.05) is 50.4 Å². The van der Waals surface area contributed by atoms with Crippen LogP contribution in [-0.4, -0.2) is 95.5 Å². The van der Waals surface area contributed by atoms with Crippen molar-refractivity contribution < 1.29 is 37.8 Å². The Morgan fingerprint density at radius 3 is 2.42 bits per heavy atom. The zero-order valence-electron chi connectivity index (χ0n) is 25.3. The number of likely N-dealkylation sites (tertiary alicyclic amines) is 1. The molecule has 2 aromatic carbocycles. The molecule has 0 spiro atoms. The Bertz CT molecular complexity index is 1540. The molecule has 12 nitrogen and oxygen atoms in total. The third-order valence-electron chi connectivity index (χ3n) is 7.12. The van der Waals surface area contributed by atoms with Gasteiger partial charge in [-0.3, -0.25) is 19.2 Å². The van der Waals surface area contributed by atoms with Gasteiger partial charge in [-0.25, -0.2) is 9.37 Å². The van der Waals surface area contributed by atoms with Crippen LogP contribution < -0.4 is 15.4 Å². The number of carboxylic acid groups (broad SMARTS) is 1. The molecule has 0 radical (unpaired) electrons. The van der Waals surface area contributed by atoms with Crippen LogP contribution in [0.15, 0.2) is 36.5 Å². The molecule has 15 heteroatoms. The minimum absolute atomic E-state index is 0.00211. The zero-order chi connectivity index (χ0) is 33.3. The molecule has 1 saturated heterocycles. The Balaban J connectivity index is 0.00000177. The number of aromatic nitrogens is 2. The van der Waals surface area contributed by atoms with E-state index >= 15 is 0 Å². The fraction of sp³-hybridized carbons (Fsp3) is 0.367. The number of hydrogen-bond donors (Lipinski definition) is 3. The molecule has 0 aliphatic carbocycles. The molecule has 3 amide bonds. The average molecular weight is 649 g/mol. The normalized spacial score (nSPS) is 13.1. The van der Waals surface area contributed by atoms with Crippen molar-refractivity contribution in [3.63, 3.8) is 0 Å². The van der Waals surface area contributed by atoms with E-state index in [1.54, 1.807) is 11.0 Å². The van der Waals surface area contributed by atoms with Crippen LogP contribution in [-0.2, 0) is 16.6 Å². The van der Waals surface area contributed by atoms with E-state index in [9.17, 15) is 23.2 Å². The Morgan fingerprint density at radius 2 is 1.82 bits per heavy atom. The fourth-order valence-corrected chi connectivity index (χ4v) is 4.99. The maximum Gasteiger partial charge on any atom is 0.291 e. The summed E-state index contributed by atoms with van der Waals surface area (Å²) in [6.07, 6.45) is 2.98. The number of halogens is 3. The maximum atomic E-state index is 14.6. The summed E-state index contributed by atoms with van der Waals surface area (Å²) < 4.78 is 35.0. The lowest BCUT2D eigenvalue weighted by molar-refractivity contribution is -0.123. The molecule has 2 heterocycles. The summed E-state index contributed by atoms with van der Waals surface area (Å²) in [5.41, 5.74) is 0.727. The molecule has 1 aliphatic rings. The summed E-state index contributed by atoms with van der Waals surface area (Å²) in [4.78, 5) is 54.3. The van der Waals surface area contributed by atoms with Gasteiger partial charge in [0.05, 0.1) is 29.6 Å². The number of nitrogens with zero attached hydrogens (tertiary/aromatic N) is 4. The molecule has 3 N–H and O–H groups in total. The topological polar surface area (TPSA) is 146 Å². The number of anilines is 1. The van der Waals surface area contributed by atoms with Crippen LogP contribution in [0.5, 0.6) is 5.75 Å². The number of ether oxygens (including phenoxy) is 1. The number of rotatable bonds is 9. The molecule has 4 rings (SSSR count). The van der Waals surface area contributed by atoms with Gasteiger partial charge in [-0.05, 0) is 57.3 Å². The maximum absolute atomic E-state index is 14.6. The van der Waals surface area contributed by atoms with Crippen LogP contribution in [0.25, 0.3) is 11.3 Å². The molecule has 0 atom stereocenters. The monoisotopic (exact) mass is 648 g/mol. The van der Waals surface area contributed by atoms with Gasteiger partial charge >= 0.3 is 0 Å². The average Bonchev–Trinajstić information content (AvgIpc) is 3.39. The minimum Gasteiger partial charge on any atom is -0.494 e. The van der Waals surface area contributed by atoms with Crippen LogP contribution in [0, 0.1) is 11.6 Å². The highest BCUT2D eigenvalue weighted by atomic mass is 35.5. The van der Waals surface area contributed by atoms with Crippen molar-refractivity contribution in [2.24, 2.45) is 7.05 Å². The summed E-state index contributed by atoms with van der Waals surface area (Å²) in [5, 5.41) is 12.8. The van der Waals surface area contributed by atoms with E-state index in [0.29, 0.717) is 50.1 Å². The number of benzene rings is 2. The van der Waals surface area contributed by atoms with Gasteiger partial charge in [0.25, 0.3) is 18.3 Å². The number of hydrogen-bond acceptors (Lipinski definition) is 7. The second-order valence-electron chi connectivity index (χ2n) is 10.4. The Labute approximate surface area is 263 Å². The first kappa shape index (κ1) is 34.9. The van der Waals surface area contributed by atoms with Crippen LogP contribution in [0.3, 0.4) is 0 Å². The van der Waals surface area contributed by atoms with Gasteiger partial charge < -0.3 is 34.8 Å². The Hall–Kier alpha value is -4.56. The smallest absolute Gasteiger partial charge is 0.291 e. The predicted molar refractivity (Wildman–Crippen MR) is 163 cm³/mol. The van der Waals surface area contributed by atoms with Crippen LogP contribution >= 0.6 is 11.6 Å². The van der Waals surface area contributed by atoms with Gasteiger partial charge in [0.15, 0.2) is 17.4 Å². The van der Waals surface area contributed by atoms with E-state index in [2.05, 4.69) is 15.6 Å². The fourth-order valence-electron chi connectivity index (χ4n) is 4.73. The first-order valence-electron chi connectivity index (χ1n) is 13.9. The Kier molecular flexibility index (Phi) is 12.4. The largest absolute Gasteiger partial charge is 0.494 e. The summed E-state index contributed by atoms with van der Waals surface area (Å²) in [7, 11) is 6.57. The van der Waals surface area contributed by atoms with E-state index in [1.807, 2.05) is 19.0 Å². The van der Waals surface area contributed by atoms with Gasteiger partial charge in [-0.2, -0.15) is 4.39 Å². The van der Waals surface area contributed by atoms with Gasteiger partial charge in [0.1, 0.15) is 0 Å². The number of imidazole rings is 1. The molecule has 1 aliphatic heterocycles. The lowest BCUT2D eigenvalue weighted by atomic mass is 10.0. The molecule has 3 aromatic rings. The number of amides is 3. The van der Waals surface area contributed by atoms with E-state index in [1.165, 1.54) is 49.2 Å². The molecule has 242 valence electrons. The predicted octanol–water partition coefficient (Wildman–Crippen LogP) is 3.65. The third-order valence-corrected chi connectivity index (χ3v) is 7.44. The van der Waals surface area contributed by atoms with Crippen molar-refractivity contribution in [3.05, 3.63) is 64.6 Å². The first-order chi connectivity index (χ1) is 21.4. The van der Waals surface area contributed by atoms with Crippen LogP contribution in [0.1, 0.15) is 40.2 Å². The molecule has 0 saturated carbocycles. The van der Waals surface area contributed by atoms with Gasteiger partial charge in [0.2, 0.25) is 11.7 Å². The summed E-state index contributed by atoms with van der Waals surface area (Å²) in [6.45, 7) is 1.38. The lowest BCUT2D eigenvalue weighted by Crippen LogP contribution is -2.46. The summed E-state index contributed by atoms with van der Waals surface area (Å²) in [5.74, 6) is -3.39.